The van der Waals surface area contributed by atoms with Gasteiger partial charge >= 0.3 is 0 Å². The van der Waals surface area contributed by atoms with Gasteiger partial charge in [0.25, 0.3) is 0 Å². The van der Waals surface area contributed by atoms with E-state index in [1.807, 2.05) is 49.4 Å². The van der Waals surface area contributed by atoms with Crippen molar-refractivity contribution in [3.63, 3.8) is 0 Å². The van der Waals surface area contributed by atoms with Crippen molar-refractivity contribution in [3.05, 3.63) is 72.3 Å². The smallest absolute Gasteiger partial charge is 0.234 e. The van der Waals surface area contributed by atoms with E-state index >= 15 is 0 Å². The summed E-state index contributed by atoms with van der Waals surface area (Å²) in [6, 6.07) is 21.2. The molecule has 4 aromatic rings. The highest BCUT2D eigenvalue weighted by Crippen LogP contribution is 2.31. The van der Waals surface area contributed by atoms with Crippen molar-refractivity contribution in [3.8, 4) is 22.9 Å². The number of hydrogen-bond donors (Lipinski definition) is 1. The van der Waals surface area contributed by atoms with Crippen molar-refractivity contribution < 1.29 is 14.3 Å². The summed E-state index contributed by atoms with van der Waals surface area (Å²) in [4.78, 5) is 22.2. The second-order valence-corrected chi connectivity index (χ2v) is 8.11. The van der Waals surface area contributed by atoms with Gasteiger partial charge in [0.15, 0.2) is 17.3 Å². The maximum absolute atomic E-state index is 12.7. The van der Waals surface area contributed by atoms with Crippen LogP contribution < -0.4 is 14.8 Å². The first-order valence-electron chi connectivity index (χ1n) is 10.1. The van der Waals surface area contributed by atoms with Gasteiger partial charge in [-0.2, -0.15) is 0 Å². The Morgan fingerprint density at radius 3 is 2.47 bits per heavy atom. The van der Waals surface area contributed by atoms with E-state index in [0.717, 1.165) is 27.1 Å². The summed E-state index contributed by atoms with van der Waals surface area (Å²) >= 11 is 1.39. The van der Waals surface area contributed by atoms with Crippen LogP contribution in [-0.2, 0) is 4.79 Å². The van der Waals surface area contributed by atoms with Crippen molar-refractivity contribution in [2.45, 2.75) is 11.9 Å². The van der Waals surface area contributed by atoms with Gasteiger partial charge in [0.05, 0.1) is 25.5 Å². The van der Waals surface area contributed by atoms with Crippen molar-refractivity contribution >= 4 is 34.3 Å². The molecule has 1 N–H and O–H groups in total. The zero-order chi connectivity index (χ0) is 22.5. The number of nitrogens with one attached hydrogen (secondary N) is 1. The molecule has 1 aromatic heterocycles. The minimum absolute atomic E-state index is 0.136. The Balaban J connectivity index is 1.57. The second-order valence-electron chi connectivity index (χ2n) is 7.15. The number of amides is 1. The van der Waals surface area contributed by atoms with Crippen LogP contribution in [0.1, 0.15) is 5.56 Å². The second kappa shape index (κ2) is 9.70. The van der Waals surface area contributed by atoms with Crippen LogP contribution in [0.2, 0.25) is 0 Å². The number of nitrogens with zero attached hydrogens (tertiary/aromatic N) is 2. The lowest BCUT2D eigenvalue weighted by Crippen LogP contribution is -2.14. The number of methoxy groups -OCH3 is 2. The summed E-state index contributed by atoms with van der Waals surface area (Å²) in [5, 5.41) is 4.62. The molecular formula is C25H23N3O3S. The first kappa shape index (κ1) is 21.6. The molecule has 0 aliphatic carbocycles. The van der Waals surface area contributed by atoms with Gasteiger partial charge in [-0.3, -0.25) is 4.79 Å². The lowest BCUT2D eigenvalue weighted by Gasteiger charge is -2.11. The van der Waals surface area contributed by atoms with Crippen LogP contribution >= 0.6 is 11.8 Å². The standard InChI is InChI=1S/C25H23N3O3S/c1-16-9-11-20-19(13-16)25(28-24(27-20)17-7-5-4-6-8-17)32-15-23(29)26-18-10-12-21(30-2)22(14-18)31-3/h4-14H,15H2,1-3H3,(H,26,29). The summed E-state index contributed by atoms with van der Waals surface area (Å²) in [5.74, 6) is 1.88. The number of benzene rings is 3. The molecule has 162 valence electrons. The van der Waals surface area contributed by atoms with Crippen LogP contribution in [0.4, 0.5) is 5.69 Å². The van der Waals surface area contributed by atoms with E-state index in [9.17, 15) is 4.79 Å². The first-order chi connectivity index (χ1) is 15.6. The van der Waals surface area contributed by atoms with E-state index in [1.165, 1.54) is 11.8 Å². The van der Waals surface area contributed by atoms with Crippen LogP contribution in [0.25, 0.3) is 22.3 Å². The molecule has 7 heteroatoms. The van der Waals surface area contributed by atoms with Crippen molar-refractivity contribution in [1.29, 1.82) is 0 Å². The number of aromatic nitrogens is 2. The normalized spacial score (nSPS) is 10.7. The number of rotatable bonds is 7. The topological polar surface area (TPSA) is 73.3 Å². The Hall–Kier alpha value is -3.58. The summed E-state index contributed by atoms with van der Waals surface area (Å²) in [6.07, 6.45) is 0. The van der Waals surface area contributed by atoms with E-state index in [4.69, 9.17) is 19.4 Å². The summed E-state index contributed by atoms with van der Waals surface area (Å²) in [5.41, 5.74) is 3.55. The van der Waals surface area contributed by atoms with E-state index in [0.29, 0.717) is 23.0 Å². The number of hydrogen-bond acceptors (Lipinski definition) is 6. The Bertz CT molecular complexity index is 1260. The molecule has 0 bridgehead atoms. The highest BCUT2D eigenvalue weighted by molar-refractivity contribution is 8.00. The number of thioether (sulfide) groups is 1. The number of ether oxygens (including phenoxy) is 2. The number of carbonyl (C=O) groups excluding carboxylic acids is 1. The molecule has 1 amide bonds. The number of anilines is 1. The molecule has 0 aliphatic rings. The molecule has 0 unspecified atom stereocenters. The molecule has 4 rings (SSSR count). The summed E-state index contributed by atoms with van der Waals surface area (Å²) in [7, 11) is 3.13. The average molecular weight is 446 g/mol. The minimum Gasteiger partial charge on any atom is -0.493 e. The van der Waals surface area contributed by atoms with Crippen LogP contribution in [0, 0.1) is 6.92 Å². The minimum atomic E-state index is -0.136. The van der Waals surface area contributed by atoms with Crippen LogP contribution in [0.15, 0.2) is 71.8 Å². The fraction of sp³-hybridized carbons (Fsp3) is 0.160. The molecule has 0 saturated carbocycles. The van der Waals surface area contributed by atoms with Gasteiger partial charge in [0, 0.05) is 22.7 Å². The molecular weight excluding hydrogens is 422 g/mol. The zero-order valence-electron chi connectivity index (χ0n) is 18.1. The number of aryl methyl sites for hydroxylation is 1. The molecule has 3 aromatic carbocycles. The maximum atomic E-state index is 12.7. The third kappa shape index (κ3) is 4.84. The molecule has 0 radical (unpaired) electrons. The van der Waals surface area contributed by atoms with Crippen molar-refractivity contribution in [2.24, 2.45) is 0 Å². The molecule has 0 atom stereocenters. The quantitative estimate of drug-likeness (QED) is 0.305. The third-order valence-corrected chi connectivity index (χ3v) is 5.85. The predicted octanol–water partition coefficient (Wildman–Crippen LogP) is 5.35. The fourth-order valence-corrected chi connectivity index (χ4v) is 4.10. The lowest BCUT2D eigenvalue weighted by atomic mass is 10.1. The Labute approximate surface area is 191 Å². The van der Waals surface area contributed by atoms with Gasteiger partial charge in [-0.25, -0.2) is 9.97 Å². The fourth-order valence-electron chi connectivity index (χ4n) is 3.29. The summed E-state index contributed by atoms with van der Waals surface area (Å²) < 4.78 is 10.5. The first-order valence-corrected chi connectivity index (χ1v) is 11.0. The molecule has 0 spiro atoms. The number of fused-ring (bicyclic) bond motifs is 1. The van der Waals surface area contributed by atoms with E-state index < -0.39 is 0 Å². The van der Waals surface area contributed by atoms with Gasteiger partial charge in [0.1, 0.15) is 5.03 Å². The van der Waals surface area contributed by atoms with Gasteiger partial charge in [0.2, 0.25) is 5.91 Å². The van der Waals surface area contributed by atoms with Gasteiger partial charge in [-0.05, 0) is 31.2 Å². The summed E-state index contributed by atoms with van der Waals surface area (Å²) in [6.45, 7) is 2.03. The Morgan fingerprint density at radius 2 is 1.72 bits per heavy atom. The van der Waals surface area contributed by atoms with Crippen LogP contribution in [0.5, 0.6) is 11.5 Å². The molecule has 0 aliphatic heterocycles. The zero-order valence-corrected chi connectivity index (χ0v) is 18.9. The van der Waals surface area contributed by atoms with Crippen molar-refractivity contribution in [2.75, 3.05) is 25.3 Å². The van der Waals surface area contributed by atoms with Gasteiger partial charge in [-0.15, -0.1) is 0 Å². The third-order valence-electron chi connectivity index (χ3n) is 4.86. The Morgan fingerprint density at radius 1 is 0.938 bits per heavy atom. The van der Waals surface area contributed by atoms with Crippen LogP contribution in [-0.4, -0.2) is 35.8 Å². The predicted molar refractivity (Wildman–Crippen MR) is 129 cm³/mol. The van der Waals surface area contributed by atoms with Gasteiger partial charge in [-0.1, -0.05) is 53.7 Å². The number of carbonyl (C=O) groups is 1. The van der Waals surface area contributed by atoms with Crippen LogP contribution in [0.3, 0.4) is 0 Å². The monoisotopic (exact) mass is 445 g/mol. The SMILES string of the molecule is COc1ccc(NC(=O)CSc2nc(-c3ccccc3)nc3ccc(C)cc23)cc1OC. The van der Waals surface area contributed by atoms with E-state index in [1.54, 1.807) is 32.4 Å². The molecule has 1 heterocycles. The average Bonchev–Trinajstić information content (AvgIpc) is 2.83. The highest BCUT2D eigenvalue weighted by atomic mass is 32.2. The molecule has 0 fully saturated rings. The molecule has 0 saturated heterocycles. The van der Waals surface area contributed by atoms with E-state index in [-0.39, 0.29) is 11.7 Å². The molecule has 32 heavy (non-hydrogen) atoms. The highest BCUT2D eigenvalue weighted by Gasteiger charge is 2.13. The molecule has 6 nitrogen and oxygen atoms in total. The largest absolute Gasteiger partial charge is 0.493 e. The Kier molecular flexibility index (Phi) is 6.56. The van der Waals surface area contributed by atoms with E-state index in [2.05, 4.69) is 11.4 Å². The maximum Gasteiger partial charge on any atom is 0.234 e. The van der Waals surface area contributed by atoms with Crippen molar-refractivity contribution in [1.82, 2.24) is 9.97 Å². The lowest BCUT2D eigenvalue weighted by molar-refractivity contribution is -0.113. The van der Waals surface area contributed by atoms with Gasteiger partial charge < -0.3 is 14.8 Å².